The van der Waals surface area contributed by atoms with Crippen molar-refractivity contribution in [1.82, 2.24) is 9.62 Å². The Morgan fingerprint density at radius 3 is 2.35 bits per heavy atom. The van der Waals surface area contributed by atoms with Crippen molar-refractivity contribution in [3.63, 3.8) is 0 Å². The number of hydrogen-bond donors (Lipinski definition) is 2. The van der Waals surface area contributed by atoms with Gasteiger partial charge < -0.3 is 10.4 Å². The molecule has 128 valence electrons. The first-order valence-corrected chi connectivity index (χ1v) is 9.18. The molecule has 0 aromatic heterocycles. The molecule has 1 saturated heterocycles. The number of nitrogens with zero attached hydrogens (tertiary/aromatic N) is 1. The van der Waals surface area contributed by atoms with Gasteiger partial charge in [-0.15, -0.1) is 0 Å². The number of rotatable bonds is 5. The lowest BCUT2D eigenvalue weighted by atomic mass is 9.95. The Kier molecular flexibility index (Phi) is 5.44. The van der Waals surface area contributed by atoms with E-state index in [2.05, 4.69) is 5.32 Å². The molecule has 2 rings (SSSR count). The number of amides is 1. The molecule has 0 saturated carbocycles. The van der Waals surface area contributed by atoms with Crippen LogP contribution >= 0.6 is 0 Å². The number of piperidine rings is 1. The summed E-state index contributed by atoms with van der Waals surface area (Å²) in [6.07, 6.45) is 0.971. The molecule has 1 aromatic rings. The second-order valence-electron chi connectivity index (χ2n) is 6.52. The van der Waals surface area contributed by atoms with Crippen LogP contribution in [0.1, 0.15) is 26.7 Å². The normalized spacial score (nSPS) is 17.9. The summed E-state index contributed by atoms with van der Waals surface area (Å²) in [6, 6.07) is 8.34. The molecule has 0 radical (unpaired) electrons. The largest absolute Gasteiger partial charge is 0.394 e. The first-order valence-electron chi connectivity index (χ1n) is 7.74. The third kappa shape index (κ3) is 4.31. The van der Waals surface area contributed by atoms with Gasteiger partial charge in [-0.05, 0) is 38.8 Å². The van der Waals surface area contributed by atoms with E-state index in [1.165, 1.54) is 4.31 Å². The Morgan fingerprint density at radius 1 is 1.26 bits per heavy atom. The standard InChI is InChI=1S/C16H24N2O4S/c1-16(2,12-19)17-15(20)13-8-10-18(11-9-13)23(21,22)14-6-4-3-5-7-14/h3-7,13,19H,8-12H2,1-2H3,(H,17,20). The van der Waals surface area contributed by atoms with Crippen LogP contribution in [-0.4, -0.2) is 49.0 Å². The molecule has 7 heteroatoms. The van der Waals surface area contributed by atoms with Crippen molar-refractivity contribution in [1.29, 1.82) is 0 Å². The van der Waals surface area contributed by atoms with Gasteiger partial charge in [-0.3, -0.25) is 4.79 Å². The van der Waals surface area contributed by atoms with Crippen molar-refractivity contribution in [3.05, 3.63) is 30.3 Å². The van der Waals surface area contributed by atoms with Crippen molar-refractivity contribution in [2.24, 2.45) is 5.92 Å². The van der Waals surface area contributed by atoms with Gasteiger partial charge >= 0.3 is 0 Å². The zero-order valence-corrected chi connectivity index (χ0v) is 14.3. The molecule has 0 atom stereocenters. The SMILES string of the molecule is CC(C)(CO)NC(=O)C1CCN(S(=O)(=O)c2ccccc2)CC1. The highest BCUT2D eigenvalue weighted by Crippen LogP contribution is 2.24. The fraction of sp³-hybridized carbons (Fsp3) is 0.562. The van der Waals surface area contributed by atoms with E-state index in [1.807, 2.05) is 0 Å². The zero-order chi connectivity index (χ0) is 17.1. The van der Waals surface area contributed by atoms with Crippen LogP contribution in [0.5, 0.6) is 0 Å². The molecule has 0 unspecified atom stereocenters. The van der Waals surface area contributed by atoms with Gasteiger partial charge in [0.1, 0.15) is 0 Å². The number of benzene rings is 1. The molecule has 1 heterocycles. The molecule has 0 aliphatic carbocycles. The Hall–Kier alpha value is -1.44. The number of sulfonamides is 1. The molecule has 23 heavy (non-hydrogen) atoms. The van der Waals surface area contributed by atoms with Crippen LogP contribution < -0.4 is 5.32 Å². The Labute approximate surface area is 137 Å². The molecule has 1 aliphatic rings. The number of carbonyl (C=O) groups is 1. The lowest BCUT2D eigenvalue weighted by Gasteiger charge is -2.32. The summed E-state index contributed by atoms with van der Waals surface area (Å²) in [6.45, 7) is 4.02. The maximum absolute atomic E-state index is 12.5. The third-order valence-corrected chi connectivity index (χ3v) is 5.98. The number of aliphatic hydroxyl groups is 1. The second kappa shape index (κ2) is 6.98. The van der Waals surface area contributed by atoms with E-state index in [9.17, 15) is 18.3 Å². The van der Waals surface area contributed by atoms with Gasteiger partial charge in [0.15, 0.2) is 0 Å². The molecular formula is C16H24N2O4S. The summed E-state index contributed by atoms with van der Waals surface area (Å²) in [4.78, 5) is 12.5. The predicted octanol–water partition coefficient (Wildman–Crippen LogP) is 0.974. The fourth-order valence-corrected chi connectivity index (χ4v) is 4.07. The lowest BCUT2D eigenvalue weighted by Crippen LogP contribution is -2.50. The van der Waals surface area contributed by atoms with Crippen molar-refractivity contribution in [3.8, 4) is 0 Å². The molecule has 1 aliphatic heterocycles. The average molecular weight is 340 g/mol. The summed E-state index contributed by atoms with van der Waals surface area (Å²) < 4.78 is 26.5. The molecular weight excluding hydrogens is 316 g/mol. The predicted molar refractivity (Wildman–Crippen MR) is 87.2 cm³/mol. The van der Waals surface area contributed by atoms with Crippen LogP contribution in [-0.2, 0) is 14.8 Å². The van der Waals surface area contributed by atoms with Gasteiger partial charge in [0.25, 0.3) is 0 Å². The van der Waals surface area contributed by atoms with E-state index in [4.69, 9.17) is 0 Å². The molecule has 0 spiro atoms. The van der Waals surface area contributed by atoms with Crippen molar-refractivity contribution in [2.75, 3.05) is 19.7 Å². The van der Waals surface area contributed by atoms with Crippen LogP contribution in [0.4, 0.5) is 0 Å². The zero-order valence-electron chi connectivity index (χ0n) is 13.5. The number of carbonyl (C=O) groups excluding carboxylic acids is 1. The van der Waals surface area contributed by atoms with Gasteiger partial charge in [-0.2, -0.15) is 4.31 Å². The van der Waals surface area contributed by atoms with Gasteiger partial charge in [0, 0.05) is 19.0 Å². The molecule has 0 bridgehead atoms. The van der Waals surface area contributed by atoms with E-state index in [0.29, 0.717) is 25.9 Å². The minimum absolute atomic E-state index is 0.124. The summed E-state index contributed by atoms with van der Waals surface area (Å²) in [5.74, 6) is -0.344. The second-order valence-corrected chi connectivity index (χ2v) is 8.46. The lowest BCUT2D eigenvalue weighted by molar-refractivity contribution is -0.128. The quantitative estimate of drug-likeness (QED) is 0.836. The van der Waals surface area contributed by atoms with E-state index in [-0.39, 0.29) is 23.3 Å². The Balaban J connectivity index is 1.98. The molecule has 2 N–H and O–H groups in total. The molecule has 1 amide bonds. The van der Waals surface area contributed by atoms with Crippen LogP contribution in [0, 0.1) is 5.92 Å². The summed E-state index contributed by atoms with van der Waals surface area (Å²) in [5.41, 5.74) is -0.662. The summed E-state index contributed by atoms with van der Waals surface area (Å²) in [5, 5.41) is 12.0. The highest BCUT2D eigenvalue weighted by atomic mass is 32.2. The first kappa shape index (κ1) is 17.9. The molecule has 1 aromatic carbocycles. The molecule has 6 nitrogen and oxygen atoms in total. The van der Waals surface area contributed by atoms with E-state index < -0.39 is 15.6 Å². The summed E-state index contributed by atoms with van der Waals surface area (Å²) >= 11 is 0. The monoisotopic (exact) mass is 340 g/mol. The van der Waals surface area contributed by atoms with Gasteiger partial charge in [0.05, 0.1) is 17.0 Å². The maximum Gasteiger partial charge on any atom is 0.243 e. The smallest absolute Gasteiger partial charge is 0.243 e. The number of aliphatic hydroxyl groups excluding tert-OH is 1. The van der Waals surface area contributed by atoms with E-state index >= 15 is 0 Å². The molecule has 1 fully saturated rings. The number of nitrogens with one attached hydrogen (secondary N) is 1. The third-order valence-electron chi connectivity index (χ3n) is 4.06. The van der Waals surface area contributed by atoms with Crippen molar-refractivity contribution >= 4 is 15.9 Å². The minimum atomic E-state index is -3.49. The highest BCUT2D eigenvalue weighted by Gasteiger charge is 2.33. The first-order chi connectivity index (χ1) is 10.8. The maximum atomic E-state index is 12.5. The fourth-order valence-electron chi connectivity index (χ4n) is 2.57. The average Bonchev–Trinajstić information content (AvgIpc) is 2.55. The minimum Gasteiger partial charge on any atom is -0.394 e. The van der Waals surface area contributed by atoms with E-state index in [1.54, 1.807) is 44.2 Å². The van der Waals surface area contributed by atoms with Crippen LogP contribution in [0.2, 0.25) is 0 Å². The topological polar surface area (TPSA) is 86.7 Å². The van der Waals surface area contributed by atoms with Crippen LogP contribution in [0.25, 0.3) is 0 Å². The Morgan fingerprint density at radius 2 is 1.83 bits per heavy atom. The van der Waals surface area contributed by atoms with Crippen molar-refractivity contribution < 1.29 is 18.3 Å². The van der Waals surface area contributed by atoms with Crippen LogP contribution in [0.3, 0.4) is 0 Å². The summed E-state index contributed by atoms with van der Waals surface area (Å²) in [7, 11) is -3.49. The van der Waals surface area contributed by atoms with Gasteiger partial charge in [0.2, 0.25) is 15.9 Å². The number of hydrogen-bond acceptors (Lipinski definition) is 4. The van der Waals surface area contributed by atoms with Gasteiger partial charge in [-0.25, -0.2) is 8.42 Å². The van der Waals surface area contributed by atoms with E-state index in [0.717, 1.165) is 0 Å². The van der Waals surface area contributed by atoms with Gasteiger partial charge in [-0.1, -0.05) is 18.2 Å². The Bertz CT molecular complexity index is 635. The van der Waals surface area contributed by atoms with Crippen LogP contribution in [0.15, 0.2) is 35.2 Å². The van der Waals surface area contributed by atoms with Crippen molar-refractivity contribution in [2.45, 2.75) is 37.1 Å². The highest BCUT2D eigenvalue weighted by molar-refractivity contribution is 7.89.